The van der Waals surface area contributed by atoms with Gasteiger partial charge in [-0.2, -0.15) is 0 Å². The Balaban J connectivity index is 2.68. The van der Waals surface area contributed by atoms with Crippen molar-refractivity contribution in [3.05, 3.63) is 29.3 Å². The fraction of sp³-hybridized carbons (Fsp3) is 0.571. The van der Waals surface area contributed by atoms with Gasteiger partial charge in [0.15, 0.2) is 0 Å². The van der Waals surface area contributed by atoms with E-state index in [0.29, 0.717) is 13.0 Å². The smallest absolute Gasteiger partial charge is 0.147 e. The molecular weight excluding hydrogens is 262 g/mol. The highest BCUT2D eigenvalue weighted by Crippen LogP contribution is 2.26. The summed E-state index contributed by atoms with van der Waals surface area (Å²) in [4.78, 5) is 0. The summed E-state index contributed by atoms with van der Waals surface area (Å²) >= 11 is 0. The molecule has 1 rings (SSSR count). The van der Waals surface area contributed by atoms with Crippen molar-refractivity contribution >= 4 is 9.84 Å². The molecular formula is C14H23NO3S. The molecule has 108 valence electrons. The summed E-state index contributed by atoms with van der Waals surface area (Å²) in [6.07, 6.45) is 1.76. The van der Waals surface area contributed by atoms with Crippen LogP contribution in [0.25, 0.3) is 0 Å². The zero-order valence-corrected chi connectivity index (χ0v) is 12.9. The van der Waals surface area contributed by atoms with Gasteiger partial charge in [-0.05, 0) is 38.9 Å². The second-order valence-corrected chi connectivity index (χ2v) is 7.14. The van der Waals surface area contributed by atoms with Crippen LogP contribution < -0.4 is 10.1 Å². The van der Waals surface area contributed by atoms with Gasteiger partial charge in [-0.1, -0.05) is 12.1 Å². The number of hydrogen-bond donors (Lipinski definition) is 1. The molecule has 0 fully saturated rings. The lowest BCUT2D eigenvalue weighted by atomic mass is 10.1. The molecule has 1 aromatic carbocycles. The van der Waals surface area contributed by atoms with Crippen molar-refractivity contribution < 1.29 is 13.2 Å². The minimum absolute atomic E-state index is 0.162. The van der Waals surface area contributed by atoms with Crippen LogP contribution in [0.2, 0.25) is 0 Å². The third-order valence-corrected chi connectivity index (χ3v) is 4.02. The fourth-order valence-electron chi connectivity index (χ4n) is 1.78. The molecule has 0 aliphatic rings. The normalized spacial score (nSPS) is 13.3. The molecule has 1 N–H and O–H groups in total. The Morgan fingerprint density at radius 3 is 2.63 bits per heavy atom. The molecule has 0 aromatic heterocycles. The highest BCUT2D eigenvalue weighted by atomic mass is 32.2. The number of ether oxygens (including phenoxy) is 1. The van der Waals surface area contributed by atoms with Gasteiger partial charge in [0, 0.05) is 17.9 Å². The minimum atomic E-state index is -2.91. The molecule has 5 heteroatoms. The largest absolute Gasteiger partial charge is 0.493 e. The number of hydrogen-bond acceptors (Lipinski definition) is 4. The van der Waals surface area contributed by atoms with Crippen LogP contribution in [0.15, 0.2) is 18.2 Å². The average molecular weight is 285 g/mol. The number of aryl methyl sites for hydroxylation is 1. The maximum atomic E-state index is 11.1. The molecule has 1 aromatic rings. The summed E-state index contributed by atoms with van der Waals surface area (Å²) in [5.41, 5.74) is 2.22. The molecule has 0 spiro atoms. The summed E-state index contributed by atoms with van der Waals surface area (Å²) in [7, 11) is -1.01. The van der Waals surface area contributed by atoms with E-state index >= 15 is 0 Å². The van der Waals surface area contributed by atoms with Gasteiger partial charge in [0.1, 0.15) is 15.6 Å². The third kappa shape index (κ3) is 5.61. The molecule has 0 bridgehead atoms. The van der Waals surface area contributed by atoms with Gasteiger partial charge in [-0.15, -0.1) is 0 Å². The fourth-order valence-corrected chi connectivity index (χ4v) is 2.43. The van der Waals surface area contributed by atoms with E-state index in [-0.39, 0.29) is 11.8 Å². The van der Waals surface area contributed by atoms with Crippen LogP contribution in [-0.4, -0.2) is 34.1 Å². The van der Waals surface area contributed by atoms with Crippen molar-refractivity contribution in [3.63, 3.8) is 0 Å². The SMILES string of the molecule is CNC(C)c1ccc(C)cc1OCCCS(C)(=O)=O. The van der Waals surface area contributed by atoms with Gasteiger partial charge < -0.3 is 10.1 Å². The summed E-state index contributed by atoms with van der Waals surface area (Å²) < 4.78 is 27.8. The third-order valence-electron chi connectivity index (χ3n) is 2.99. The van der Waals surface area contributed by atoms with Crippen molar-refractivity contribution in [1.29, 1.82) is 0 Å². The molecule has 0 saturated heterocycles. The van der Waals surface area contributed by atoms with Crippen LogP contribution in [-0.2, 0) is 9.84 Å². The quantitative estimate of drug-likeness (QED) is 0.779. The van der Waals surface area contributed by atoms with E-state index in [0.717, 1.165) is 16.9 Å². The van der Waals surface area contributed by atoms with Crippen molar-refractivity contribution in [2.45, 2.75) is 26.3 Å². The lowest BCUT2D eigenvalue weighted by Crippen LogP contribution is -2.15. The predicted octanol–water partition coefficient (Wildman–Crippen LogP) is 2.09. The summed E-state index contributed by atoms with van der Waals surface area (Å²) in [5.74, 6) is 0.991. The van der Waals surface area contributed by atoms with E-state index in [4.69, 9.17) is 4.74 Å². The van der Waals surface area contributed by atoms with Crippen molar-refractivity contribution in [3.8, 4) is 5.75 Å². The highest BCUT2D eigenvalue weighted by molar-refractivity contribution is 7.90. The second-order valence-electron chi connectivity index (χ2n) is 4.88. The molecule has 0 radical (unpaired) electrons. The maximum Gasteiger partial charge on any atom is 0.147 e. The molecule has 1 unspecified atom stereocenters. The number of benzene rings is 1. The number of nitrogens with one attached hydrogen (secondary N) is 1. The Kier molecular flexibility index (Phi) is 5.82. The molecule has 0 aliphatic heterocycles. The van der Waals surface area contributed by atoms with Crippen molar-refractivity contribution in [2.24, 2.45) is 0 Å². The lowest BCUT2D eigenvalue weighted by molar-refractivity contribution is 0.311. The van der Waals surface area contributed by atoms with Crippen LogP contribution in [0.3, 0.4) is 0 Å². The first kappa shape index (κ1) is 16.0. The van der Waals surface area contributed by atoms with Crippen LogP contribution in [0.1, 0.15) is 30.5 Å². The topological polar surface area (TPSA) is 55.4 Å². The molecule has 0 saturated carbocycles. The number of sulfone groups is 1. The lowest BCUT2D eigenvalue weighted by Gasteiger charge is -2.17. The van der Waals surface area contributed by atoms with Crippen LogP contribution in [0.4, 0.5) is 0 Å². The summed E-state index contributed by atoms with van der Waals surface area (Å²) in [6.45, 7) is 4.49. The van der Waals surface area contributed by atoms with E-state index in [1.165, 1.54) is 6.26 Å². The first-order valence-corrected chi connectivity index (χ1v) is 8.48. The zero-order chi connectivity index (χ0) is 14.5. The second kappa shape index (κ2) is 6.91. The van der Waals surface area contributed by atoms with E-state index in [1.807, 2.05) is 32.2 Å². The summed E-state index contributed by atoms with van der Waals surface area (Å²) in [6, 6.07) is 6.28. The van der Waals surface area contributed by atoms with E-state index in [2.05, 4.69) is 12.2 Å². The van der Waals surface area contributed by atoms with E-state index < -0.39 is 9.84 Å². The molecule has 4 nitrogen and oxygen atoms in total. The molecule has 19 heavy (non-hydrogen) atoms. The maximum absolute atomic E-state index is 11.1. The van der Waals surface area contributed by atoms with Gasteiger partial charge in [-0.25, -0.2) is 8.42 Å². The standard InChI is InChI=1S/C14H23NO3S/c1-11-6-7-13(12(2)15-3)14(10-11)18-8-5-9-19(4,16)17/h6-7,10,12,15H,5,8-9H2,1-4H3. The van der Waals surface area contributed by atoms with Crippen molar-refractivity contribution in [1.82, 2.24) is 5.32 Å². The number of rotatable bonds is 7. The molecule has 1 atom stereocenters. The van der Waals surface area contributed by atoms with Gasteiger partial charge in [-0.3, -0.25) is 0 Å². The Bertz CT molecular complexity index is 511. The molecule has 0 amide bonds. The Morgan fingerprint density at radius 1 is 1.37 bits per heavy atom. The van der Waals surface area contributed by atoms with Gasteiger partial charge >= 0.3 is 0 Å². The van der Waals surface area contributed by atoms with Crippen LogP contribution >= 0.6 is 0 Å². The molecule has 0 aliphatic carbocycles. The first-order chi connectivity index (χ1) is 8.83. The zero-order valence-electron chi connectivity index (χ0n) is 12.1. The molecule has 0 heterocycles. The monoisotopic (exact) mass is 285 g/mol. The Hall–Kier alpha value is -1.07. The van der Waals surface area contributed by atoms with Gasteiger partial charge in [0.2, 0.25) is 0 Å². The Labute approximate surface area is 116 Å². The van der Waals surface area contributed by atoms with Gasteiger partial charge in [0.05, 0.1) is 12.4 Å². The highest BCUT2D eigenvalue weighted by Gasteiger charge is 2.10. The van der Waals surface area contributed by atoms with Gasteiger partial charge in [0.25, 0.3) is 0 Å². The minimum Gasteiger partial charge on any atom is -0.493 e. The average Bonchev–Trinajstić information content (AvgIpc) is 2.33. The Morgan fingerprint density at radius 2 is 2.05 bits per heavy atom. The van der Waals surface area contributed by atoms with Crippen LogP contribution in [0, 0.1) is 6.92 Å². The van der Waals surface area contributed by atoms with Crippen molar-refractivity contribution in [2.75, 3.05) is 25.7 Å². The predicted molar refractivity (Wildman–Crippen MR) is 78.5 cm³/mol. The van der Waals surface area contributed by atoms with Crippen LogP contribution in [0.5, 0.6) is 5.75 Å². The first-order valence-electron chi connectivity index (χ1n) is 6.42. The summed E-state index contributed by atoms with van der Waals surface area (Å²) in [5, 5.41) is 3.18. The van der Waals surface area contributed by atoms with E-state index in [1.54, 1.807) is 0 Å². The van der Waals surface area contributed by atoms with E-state index in [9.17, 15) is 8.42 Å².